The molecule has 1 fully saturated rings. The van der Waals surface area contributed by atoms with Gasteiger partial charge in [0.2, 0.25) is 5.89 Å². The molecular weight excluding hydrogens is 404 g/mol. The van der Waals surface area contributed by atoms with Crippen LogP contribution in [-0.2, 0) is 5.75 Å². The number of carbonyl (C=O) groups is 1. The van der Waals surface area contributed by atoms with Crippen LogP contribution in [0.15, 0.2) is 57.8 Å². The van der Waals surface area contributed by atoms with Crippen LogP contribution in [0.1, 0.15) is 60.0 Å². The van der Waals surface area contributed by atoms with Gasteiger partial charge in [0.15, 0.2) is 0 Å². The number of benzene rings is 2. The van der Waals surface area contributed by atoms with Crippen molar-refractivity contribution in [2.45, 2.75) is 63.1 Å². The molecule has 1 aliphatic rings. The largest absolute Gasteiger partial charge is 0.441 e. The van der Waals surface area contributed by atoms with Crippen LogP contribution >= 0.6 is 11.8 Å². The highest BCUT2D eigenvalue weighted by molar-refractivity contribution is 7.98. The Kier molecular flexibility index (Phi) is 6.81. The third kappa shape index (κ3) is 5.40. The zero-order valence-corrected chi connectivity index (χ0v) is 19.3. The Bertz CT molecular complexity index is 1020. The van der Waals surface area contributed by atoms with Crippen molar-refractivity contribution in [3.63, 3.8) is 0 Å². The Morgan fingerprint density at radius 1 is 1.06 bits per heavy atom. The molecule has 162 valence electrons. The van der Waals surface area contributed by atoms with E-state index in [0.29, 0.717) is 17.4 Å². The lowest BCUT2D eigenvalue weighted by Gasteiger charge is -2.29. The van der Waals surface area contributed by atoms with Crippen LogP contribution in [0.5, 0.6) is 0 Å². The maximum atomic E-state index is 12.7. The van der Waals surface area contributed by atoms with E-state index in [1.165, 1.54) is 29.7 Å². The fourth-order valence-electron chi connectivity index (χ4n) is 4.02. The fraction of sp³-hybridized carbons (Fsp3) is 0.385. The Morgan fingerprint density at radius 3 is 2.48 bits per heavy atom. The highest BCUT2D eigenvalue weighted by Crippen LogP contribution is 2.28. The van der Waals surface area contributed by atoms with E-state index in [2.05, 4.69) is 43.4 Å². The quantitative estimate of drug-likeness (QED) is 0.446. The minimum Gasteiger partial charge on any atom is -0.441 e. The number of aromatic nitrogens is 1. The average Bonchev–Trinajstić information content (AvgIpc) is 3.15. The number of aryl methyl sites for hydroxylation is 2. The van der Waals surface area contributed by atoms with Gasteiger partial charge >= 0.3 is 0 Å². The zero-order valence-electron chi connectivity index (χ0n) is 18.5. The minimum atomic E-state index is 0.00377. The van der Waals surface area contributed by atoms with Gasteiger partial charge in [-0.05, 0) is 69.0 Å². The standard InChI is InChI=1S/C26H30N2O2S/c1-17-8-14-22(15-9-17)31-16-24-19(3)30-26(28-24)21-12-10-20(11-13-21)25(29)27-23-7-5-4-6-18(23)2/h8-15,18,23H,4-7,16H2,1-3H3,(H,27,29)/t18-,23+/m1/s1. The summed E-state index contributed by atoms with van der Waals surface area (Å²) < 4.78 is 5.92. The van der Waals surface area contributed by atoms with Gasteiger partial charge in [-0.1, -0.05) is 37.5 Å². The number of hydrogen-bond acceptors (Lipinski definition) is 4. The zero-order chi connectivity index (χ0) is 21.8. The normalized spacial score (nSPS) is 18.7. The van der Waals surface area contributed by atoms with Gasteiger partial charge < -0.3 is 9.73 Å². The molecule has 0 bridgehead atoms. The second-order valence-corrected chi connectivity index (χ2v) is 9.59. The summed E-state index contributed by atoms with van der Waals surface area (Å²) in [5.74, 6) is 2.75. The van der Waals surface area contributed by atoms with Crippen molar-refractivity contribution in [1.29, 1.82) is 0 Å². The van der Waals surface area contributed by atoms with Crippen LogP contribution in [0, 0.1) is 19.8 Å². The Balaban J connectivity index is 1.40. The van der Waals surface area contributed by atoms with Crippen molar-refractivity contribution < 1.29 is 9.21 Å². The molecular formula is C26H30N2O2S. The lowest BCUT2D eigenvalue weighted by Crippen LogP contribution is -2.41. The van der Waals surface area contributed by atoms with Crippen LogP contribution in [-0.4, -0.2) is 16.9 Å². The van der Waals surface area contributed by atoms with Gasteiger partial charge in [0, 0.05) is 27.8 Å². The van der Waals surface area contributed by atoms with E-state index < -0.39 is 0 Å². The van der Waals surface area contributed by atoms with E-state index in [-0.39, 0.29) is 11.9 Å². The molecule has 0 spiro atoms. The van der Waals surface area contributed by atoms with Gasteiger partial charge in [-0.15, -0.1) is 11.8 Å². The summed E-state index contributed by atoms with van der Waals surface area (Å²) in [7, 11) is 0. The van der Waals surface area contributed by atoms with Crippen molar-refractivity contribution in [2.75, 3.05) is 0 Å². The summed E-state index contributed by atoms with van der Waals surface area (Å²) in [5.41, 5.74) is 3.78. The lowest BCUT2D eigenvalue weighted by atomic mass is 9.86. The van der Waals surface area contributed by atoms with Crippen molar-refractivity contribution in [3.05, 3.63) is 71.1 Å². The molecule has 3 aromatic rings. The first kappa shape index (κ1) is 21.7. The van der Waals surface area contributed by atoms with Crippen molar-refractivity contribution in [3.8, 4) is 11.5 Å². The summed E-state index contributed by atoms with van der Waals surface area (Å²) in [6.45, 7) is 6.27. The summed E-state index contributed by atoms with van der Waals surface area (Å²) >= 11 is 1.75. The SMILES string of the molecule is Cc1ccc(SCc2nc(-c3ccc(C(=O)N[C@H]4CCCC[C@H]4C)cc3)oc2C)cc1. The van der Waals surface area contributed by atoms with Gasteiger partial charge in [0.1, 0.15) is 5.76 Å². The molecule has 4 nitrogen and oxygen atoms in total. The molecule has 1 amide bonds. The van der Waals surface area contributed by atoms with Crippen LogP contribution in [0.25, 0.3) is 11.5 Å². The number of oxazole rings is 1. The topological polar surface area (TPSA) is 55.1 Å². The number of amides is 1. The third-order valence-electron chi connectivity index (χ3n) is 6.11. The van der Waals surface area contributed by atoms with E-state index in [1.807, 2.05) is 31.2 Å². The minimum absolute atomic E-state index is 0.00377. The molecule has 0 unspecified atom stereocenters. The van der Waals surface area contributed by atoms with Gasteiger partial charge in [-0.2, -0.15) is 0 Å². The van der Waals surface area contributed by atoms with Gasteiger partial charge in [-0.25, -0.2) is 4.98 Å². The second kappa shape index (κ2) is 9.73. The lowest BCUT2D eigenvalue weighted by molar-refractivity contribution is 0.0910. The van der Waals surface area contributed by atoms with Crippen LogP contribution in [0.3, 0.4) is 0 Å². The smallest absolute Gasteiger partial charge is 0.251 e. The summed E-state index contributed by atoms with van der Waals surface area (Å²) in [6.07, 6.45) is 4.73. The predicted molar refractivity (Wildman–Crippen MR) is 126 cm³/mol. The van der Waals surface area contributed by atoms with E-state index >= 15 is 0 Å². The Labute approximate surface area is 188 Å². The Morgan fingerprint density at radius 2 is 1.77 bits per heavy atom. The van der Waals surface area contributed by atoms with Gasteiger partial charge in [0.25, 0.3) is 5.91 Å². The van der Waals surface area contributed by atoms with Crippen LogP contribution in [0.4, 0.5) is 0 Å². The molecule has 0 saturated heterocycles. The first-order chi connectivity index (χ1) is 15.0. The molecule has 31 heavy (non-hydrogen) atoms. The van der Waals surface area contributed by atoms with E-state index in [9.17, 15) is 4.79 Å². The molecule has 2 aromatic carbocycles. The predicted octanol–water partition coefficient (Wildman–Crippen LogP) is 6.56. The van der Waals surface area contributed by atoms with Crippen LogP contribution < -0.4 is 5.32 Å². The van der Waals surface area contributed by atoms with Crippen LogP contribution in [0.2, 0.25) is 0 Å². The van der Waals surface area contributed by atoms with E-state index in [0.717, 1.165) is 29.2 Å². The maximum Gasteiger partial charge on any atom is 0.251 e. The molecule has 2 atom stereocenters. The first-order valence-electron chi connectivity index (χ1n) is 11.1. The fourth-order valence-corrected chi connectivity index (χ4v) is 4.92. The van der Waals surface area contributed by atoms with Crippen molar-refractivity contribution in [1.82, 2.24) is 10.3 Å². The molecule has 1 aliphatic carbocycles. The number of thioether (sulfide) groups is 1. The molecule has 1 N–H and O–H groups in total. The summed E-state index contributed by atoms with van der Waals surface area (Å²) in [6, 6.07) is 16.3. The molecule has 0 aliphatic heterocycles. The third-order valence-corrected chi connectivity index (χ3v) is 7.13. The van der Waals surface area contributed by atoms with Crippen molar-refractivity contribution >= 4 is 17.7 Å². The second-order valence-electron chi connectivity index (χ2n) is 8.54. The summed E-state index contributed by atoms with van der Waals surface area (Å²) in [5, 5.41) is 3.21. The number of hydrogen-bond donors (Lipinski definition) is 1. The van der Waals surface area contributed by atoms with E-state index in [4.69, 9.17) is 9.40 Å². The number of rotatable bonds is 6. The monoisotopic (exact) mass is 434 g/mol. The molecule has 5 heteroatoms. The Hall–Kier alpha value is -2.53. The number of nitrogens with one attached hydrogen (secondary N) is 1. The molecule has 1 heterocycles. The van der Waals surface area contributed by atoms with E-state index in [1.54, 1.807) is 11.8 Å². The molecule has 0 radical (unpaired) electrons. The molecule has 1 aromatic heterocycles. The highest BCUT2D eigenvalue weighted by Gasteiger charge is 2.23. The highest BCUT2D eigenvalue weighted by atomic mass is 32.2. The number of nitrogens with zero attached hydrogens (tertiary/aromatic N) is 1. The average molecular weight is 435 g/mol. The molecule has 4 rings (SSSR count). The van der Waals surface area contributed by atoms with Crippen molar-refractivity contribution in [2.24, 2.45) is 5.92 Å². The maximum absolute atomic E-state index is 12.7. The molecule has 1 saturated carbocycles. The van der Waals surface area contributed by atoms with Gasteiger partial charge in [0.05, 0.1) is 5.69 Å². The first-order valence-corrected chi connectivity index (χ1v) is 12.1. The number of carbonyl (C=O) groups excluding carboxylic acids is 1. The van der Waals surface area contributed by atoms with Gasteiger partial charge in [-0.3, -0.25) is 4.79 Å². The summed E-state index contributed by atoms with van der Waals surface area (Å²) in [4.78, 5) is 18.6.